The van der Waals surface area contributed by atoms with Crippen molar-refractivity contribution in [3.8, 4) is 0 Å². The van der Waals surface area contributed by atoms with E-state index in [4.69, 9.17) is 0 Å². The molecule has 0 saturated carbocycles. The van der Waals surface area contributed by atoms with E-state index in [1.807, 2.05) is 35.0 Å². The van der Waals surface area contributed by atoms with Gasteiger partial charge in [-0.3, -0.25) is 9.59 Å². The summed E-state index contributed by atoms with van der Waals surface area (Å²) in [6.07, 6.45) is 4.53. The van der Waals surface area contributed by atoms with Crippen molar-refractivity contribution in [2.75, 3.05) is 26.2 Å². The summed E-state index contributed by atoms with van der Waals surface area (Å²) in [6, 6.07) is 7.94. The number of hydrogen-bond donors (Lipinski definition) is 0. The second-order valence-electron chi connectivity index (χ2n) is 6.43. The molecular weight excluding hydrogens is 321 g/mol. The van der Waals surface area contributed by atoms with E-state index in [0.717, 1.165) is 11.1 Å². The third-order valence-corrected chi connectivity index (χ3v) is 4.50. The quantitative estimate of drug-likeness (QED) is 0.847. The van der Waals surface area contributed by atoms with E-state index in [0.29, 0.717) is 32.6 Å². The van der Waals surface area contributed by atoms with E-state index in [9.17, 15) is 14.0 Å². The smallest absolute Gasteiger partial charge is 0.227 e. The fourth-order valence-corrected chi connectivity index (χ4v) is 3.05. The molecular formula is C19H22FN3O2. The molecule has 1 aliphatic rings. The Morgan fingerprint density at radius 2 is 1.40 bits per heavy atom. The van der Waals surface area contributed by atoms with Crippen LogP contribution in [-0.4, -0.2) is 52.4 Å². The first-order valence-electron chi connectivity index (χ1n) is 8.42. The van der Waals surface area contributed by atoms with Crippen LogP contribution in [0.4, 0.5) is 4.39 Å². The second-order valence-corrected chi connectivity index (χ2v) is 6.43. The van der Waals surface area contributed by atoms with Crippen LogP contribution in [0, 0.1) is 5.82 Å². The van der Waals surface area contributed by atoms with Gasteiger partial charge in [-0.15, -0.1) is 0 Å². The third kappa shape index (κ3) is 4.47. The summed E-state index contributed by atoms with van der Waals surface area (Å²) >= 11 is 0. The lowest BCUT2D eigenvalue weighted by Crippen LogP contribution is -2.51. The van der Waals surface area contributed by atoms with Gasteiger partial charge in [0, 0.05) is 45.6 Å². The molecule has 0 aliphatic carbocycles. The molecule has 2 heterocycles. The molecule has 0 unspecified atom stereocenters. The molecule has 1 aromatic carbocycles. The van der Waals surface area contributed by atoms with Crippen molar-refractivity contribution < 1.29 is 14.0 Å². The molecule has 1 fully saturated rings. The summed E-state index contributed by atoms with van der Waals surface area (Å²) < 4.78 is 14.8. The molecule has 2 aromatic rings. The van der Waals surface area contributed by atoms with Crippen LogP contribution in [0.5, 0.6) is 0 Å². The molecule has 132 valence electrons. The van der Waals surface area contributed by atoms with Crippen LogP contribution < -0.4 is 0 Å². The van der Waals surface area contributed by atoms with Gasteiger partial charge in [0.2, 0.25) is 11.8 Å². The van der Waals surface area contributed by atoms with Crippen LogP contribution in [0.3, 0.4) is 0 Å². The lowest BCUT2D eigenvalue weighted by atomic mass is 10.1. The number of benzene rings is 1. The Morgan fingerprint density at radius 1 is 0.880 bits per heavy atom. The molecule has 0 atom stereocenters. The topological polar surface area (TPSA) is 45.6 Å². The van der Waals surface area contributed by atoms with E-state index in [1.165, 1.54) is 12.1 Å². The lowest BCUT2D eigenvalue weighted by Gasteiger charge is -2.35. The zero-order valence-electron chi connectivity index (χ0n) is 14.3. The fraction of sp³-hybridized carbons (Fsp3) is 0.368. The van der Waals surface area contributed by atoms with E-state index in [2.05, 4.69) is 0 Å². The summed E-state index contributed by atoms with van der Waals surface area (Å²) in [7, 11) is 1.93. The molecule has 1 aromatic heterocycles. The summed E-state index contributed by atoms with van der Waals surface area (Å²) in [5.41, 5.74) is 1.80. The van der Waals surface area contributed by atoms with Crippen LogP contribution >= 0.6 is 0 Å². The van der Waals surface area contributed by atoms with Crippen molar-refractivity contribution in [2.24, 2.45) is 7.05 Å². The molecule has 0 spiro atoms. The van der Waals surface area contributed by atoms with Crippen LogP contribution in [0.1, 0.15) is 11.1 Å². The average molecular weight is 343 g/mol. The number of carbonyl (C=O) groups excluding carboxylic acids is 2. The molecule has 0 N–H and O–H groups in total. The van der Waals surface area contributed by atoms with Gasteiger partial charge in [0.25, 0.3) is 0 Å². The number of nitrogens with zero attached hydrogens (tertiary/aromatic N) is 3. The number of carbonyl (C=O) groups is 2. The maximum absolute atomic E-state index is 12.9. The monoisotopic (exact) mass is 343 g/mol. The molecule has 1 saturated heterocycles. The number of piperazine rings is 1. The largest absolute Gasteiger partial charge is 0.357 e. The van der Waals surface area contributed by atoms with Gasteiger partial charge in [-0.2, -0.15) is 0 Å². The summed E-state index contributed by atoms with van der Waals surface area (Å²) in [5.74, 6) is -0.194. The van der Waals surface area contributed by atoms with Gasteiger partial charge in [-0.1, -0.05) is 12.1 Å². The lowest BCUT2D eigenvalue weighted by molar-refractivity contribution is -0.138. The van der Waals surface area contributed by atoms with Crippen molar-refractivity contribution in [1.82, 2.24) is 14.4 Å². The Labute approximate surface area is 146 Å². The Bertz CT molecular complexity index is 746. The Morgan fingerprint density at radius 3 is 1.88 bits per heavy atom. The molecule has 1 aliphatic heterocycles. The fourth-order valence-electron chi connectivity index (χ4n) is 3.05. The van der Waals surface area contributed by atoms with Crippen molar-refractivity contribution in [3.63, 3.8) is 0 Å². The predicted octanol–water partition coefficient (Wildman–Crippen LogP) is 1.62. The third-order valence-electron chi connectivity index (χ3n) is 4.50. The first-order chi connectivity index (χ1) is 12.0. The van der Waals surface area contributed by atoms with E-state index < -0.39 is 0 Å². The highest BCUT2D eigenvalue weighted by Crippen LogP contribution is 2.10. The molecule has 0 bridgehead atoms. The summed E-state index contributed by atoms with van der Waals surface area (Å²) in [6.45, 7) is 2.20. The van der Waals surface area contributed by atoms with Gasteiger partial charge >= 0.3 is 0 Å². The maximum Gasteiger partial charge on any atom is 0.227 e. The highest BCUT2D eigenvalue weighted by atomic mass is 19.1. The number of aryl methyl sites for hydroxylation is 1. The minimum atomic E-state index is -0.304. The van der Waals surface area contributed by atoms with Crippen molar-refractivity contribution in [1.29, 1.82) is 0 Å². The average Bonchev–Trinajstić information content (AvgIpc) is 3.02. The Balaban J connectivity index is 1.48. The van der Waals surface area contributed by atoms with Gasteiger partial charge in [0.1, 0.15) is 5.82 Å². The second kappa shape index (κ2) is 7.51. The number of rotatable bonds is 4. The molecule has 25 heavy (non-hydrogen) atoms. The molecule has 6 heteroatoms. The van der Waals surface area contributed by atoms with Crippen LogP contribution in [0.25, 0.3) is 0 Å². The zero-order valence-corrected chi connectivity index (χ0v) is 14.3. The van der Waals surface area contributed by atoms with E-state index in [1.54, 1.807) is 17.0 Å². The number of halogens is 1. The van der Waals surface area contributed by atoms with Crippen molar-refractivity contribution in [2.45, 2.75) is 12.8 Å². The number of aromatic nitrogens is 1. The van der Waals surface area contributed by atoms with Crippen molar-refractivity contribution in [3.05, 3.63) is 59.7 Å². The molecule has 3 rings (SSSR count). The van der Waals surface area contributed by atoms with Crippen LogP contribution in [-0.2, 0) is 29.5 Å². The minimum Gasteiger partial charge on any atom is -0.357 e. The SMILES string of the molecule is Cn1ccc(CC(=O)N2CCN(C(=O)Cc3ccc(F)cc3)CC2)c1. The first kappa shape index (κ1) is 17.2. The molecule has 0 radical (unpaired) electrons. The van der Waals surface area contributed by atoms with Gasteiger partial charge in [-0.05, 0) is 29.3 Å². The Hall–Kier alpha value is -2.63. The highest BCUT2D eigenvalue weighted by molar-refractivity contribution is 5.81. The predicted molar refractivity (Wildman–Crippen MR) is 92.4 cm³/mol. The zero-order chi connectivity index (χ0) is 17.8. The van der Waals surface area contributed by atoms with E-state index in [-0.39, 0.29) is 24.1 Å². The van der Waals surface area contributed by atoms with Gasteiger partial charge in [0.15, 0.2) is 0 Å². The minimum absolute atomic E-state index is 0.0155. The molecule has 2 amide bonds. The van der Waals surface area contributed by atoms with Gasteiger partial charge in [-0.25, -0.2) is 4.39 Å². The number of hydrogen-bond acceptors (Lipinski definition) is 2. The van der Waals surface area contributed by atoms with Crippen LogP contribution in [0.15, 0.2) is 42.7 Å². The Kier molecular flexibility index (Phi) is 5.16. The highest BCUT2D eigenvalue weighted by Gasteiger charge is 2.24. The summed E-state index contributed by atoms with van der Waals surface area (Å²) in [5, 5.41) is 0. The molecule has 5 nitrogen and oxygen atoms in total. The van der Waals surface area contributed by atoms with Gasteiger partial charge < -0.3 is 14.4 Å². The van der Waals surface area contributed by atoms with E-state index >= 15 is 0 Å². The summed E-state index contributed by atoms with van der Waals surface area (Å²) in [4.78, 5) is 28.3. The van der Waals surface area contributed by atoms with Crippen molar-refractivity contribution >= 4 is 11.8 Å². The van der Waals surface area contributed by atoms with Crippen LogP contribution in [0.2, 0.25) is 0 Å². The first-order valence-corrected chi connectivity index (χ1v) is 8.42. The van der Waals surface area contributed by atoms with Gasteiger partial charge in [0.05, 0.1) is 12.8 Å². The standard InChI is InChI=1S/C19H22FN3O2/c1-21-7-6-16(14-21)13-19(25)23-10-8-22(9-11-23)18(24)12-15-2-4-17(20)5-3-15/h2-7,14H,8-13H2,1H3. The number of amides is 2. The normalized spacial score (nSPS) is 14.6. The maximum atomic E-state index is 12.9.